The van der Waals surface area contributed by atoms with Gasteiger partial charge in [-0.3, -0.25) is 9.69 Å². The fraction of sp³-hybridized carbons (Fsp3) is 0.474. The maximum Gasteiger partial charge on any atom is 0.327 e. The minimum Gasteiger partial charge on any atom is -0.450 e. The molecule has 2 heterocycles. The standard InChI is InChI=1S/C19H25BIN3O2P/c1-13-8-14-9-19(2,3)10-17(14)24(13)7-6-23(12-25)18-15(11-27-21)16(20-26)4-5-22-18/h4-5,8,12,26-27H,6-7,9-11H2,1-3H3. The molecule has 0 spiro atoms. The summed E-state index contributed by atoms with van der Waals surface area (Å²) in [7, 11) is 1.10. The zero-order valence-corrected chi connectivity index (χ0v) is 19.2. The van der Waals surface area contributed by atoms with Crippen molar-refractivity contribution in [2.75, 3.05) is 11.4 Å². The number of amides is 1. The van der Waals surface area contributed by atoms with E-state index in [-0.39, 0.29) is 0 Å². The first-order valence-electron chi connectivity index (χ1n) is 9.09. The van der Waals surface area contributed by atoms with Gasteiger partial charge in [0.05, 0.1) is 0 Å². The highest BCUT2D eigenvalue weighted by Gasteiger charge is 2.31. The lowest BCUT2D eigenvalue weighted by molar-refractivity contribution is -0.107. The van der Waals surface area contributed by atoms with Crippen molar-refractivity contribution < 1.29 is 9.82 Å². The van der Waals surface area contributed by atoms with Gasteiger partial charge in [0.1, 0.15) is 5.82 Å². The van der Waals surface area contributed by atoms with E-state index in [2.05, 4.69) is 58.4 Å². The zero-order valence-electron chi connectivity index (χ0n) is 16.0. The summed E-state index contributed by atoms with van der Waals surface area (Å²) in [5, 5.41) is 9.53. The summed E-state index contributed by atoms with van der Waals surface area (Å²) in [6.45, 7) is 8.06. The zero-order chi connectivity index (χ0) is 19.6. The van der Waals surface area contributed by atoms with E-state index in [9.17, 15) is 9.82 Å². The van der Waals surface area contributed by atoms with Gasteiger partial charge in [-0.1, -0.05) is 42.1 Å². The van der Waals surface area contributed by atoms with Gasteiger partial charge in [0, 0.05) is 36.8 Å². The molecule has 3 rings (SSSR count). The van der Waals surface area contributed by atoms with E-state index < -0.39 is 0 Å². The van der Waals surface area contributed by atoms with Gasteiger partial charge >= 0.3 is 7.48 Å². The third kappa shape index (κ3) is 4.41. The summed E-state index contributed by atoms with van der Waals surface area (Å²) in [6, 6.07) is 4.07. The molecular weight excluding hydrogens is 471 g/mol. The van der Waals surface area contributed by atoms with E-state index in [1.54, 1.807) is 17.2 Å². The molecule has 1 aliphatic rings. The van der Waals surface area contributed by atoms with Crippen molar-refractivity contribution in [1.82, 2.24) is 9.55 Å². The maximum absolute atomic E-state index is 11.8. The fourth-order valence-corrected chi connectivity index (χ4v) is 5.67. The smallest absolute Gasteiger partial charge is 0.327 e. The normalized spacial score (nSPS) is 15.3. The van der Waals surface area contributed by atoms with Gasteiger partial charge < -0.3 is 9.59 Å². The van der Waals surface area contributed by atoms with Crippen LogP contribution in [0.3, 0.4) is 0 Å². The molecule has 1 aliphatic carbocycles. The van der Waals surface area contributed by atoms with Crippen LogP contribution in [-0.4, -0.2) is 35.0 Å². The summed E-state index contributed by atoms with van der Waals surface area (Å²) in [5.41, 5.74) is 6.07. The van der Waals surface area contributed by atoms with Crippen molar-refractivity contribution in [3.63, 3.8) is 0 Å². The van der Waals surface area contributed by atoms with Gasteiger partial charge in [-0.05, 0) is 53.9 Å². The van der Waals surface area contributed by atoms with E-state index in [0.717, 1.165) is 50.5 Å². The molecule has 5 nitrogen and oxygen atoms in total. The molecule has 0 fully saturated rings. The molecular formula is C19H25BIN3O2P. The van der Waals surface area contributed by atoms with Crippen LogP contribution >= 0.6 is 28.3 Å². The van der Waals surface area contributed by atoms with Gasteiger partial charge in [-0.25, -0.2) is 4.98 Å². The molecule has 0 bridgehead atoms. The number of hydrogen-bond donors (Lipinski definition) is 1. The average molecular weight is 496 g/mol. The van der Waals surface area contributed by atoms with Crippen LogP contribution < -0.4 is 10.4 Å². The third-order valence-corrected chi connectivity index (χ3v) is 6.87. The summed E-state index contributed by atoms with van der Waals surface area (Å²) in [6.07, 6.45) is 6.13. The van der Waals surface area contributed by atoms with Crippen LogP contribution in [-0.2, 0) is 30.3 Å². The second-order valence-electron chi connectivity index (χ2n) is 7.87. The summed E-state index contributed by atoms with van der Waals surface area (Å²) in [4.78, 5) is 18.0. The first-order chi connectivity index (χ1) is 12.9. The second-order valence-corrected chi connectivity index (χ2v) is 10.8. The summed E-state index contributed by atoms with van der Waals surface area (Å²) in [5.74, 6) is 0.652. The van der Waals surface area contributed by atoms with E-state index >= 15 is 0 Å². The van der Waals surface area contributed by atoms with E-state index in [1.165, 1.54) is 17.0 Å². The Bertz CT molecular complexity index is 841. The number of aryl methyl sites for hydroxylation is 1. The van der Waals surface area contributed by atoms with Crippen LogP contribution in [0.25, 0.3) is 0 Å². The molecule has 1 unspecified atom stereocenters. The molecule has 27 heavy (non-hydrogen) atoms. The van der Waals surface area contributed by atoms with Crippen LogP contribution in [0, 0.1) is 12.3 Å². The lowest BCUT2D eigenvalue weighted by Gasteiger charge is -2.23. The monoisotopic (exact) mass is 496 g/mol. The van der Waals surface area contributed by atoms with Crippen molar-refractivity contribution in [3.8, 4) is 0 Å². The summed E-state index contributed by atoms with van der Waals surface area (Å²) < 4.78 is 2.35. The molecule has 2 aromatic heterocycles. The van der Waals surface area contributed by atoms with E-state index in [4.69, 9.17) is 0 Å². The number of fused-ring (bicyclic) bond motifs is 1. The van der Waals surface area contributed by atoms with Crippen molar-refractivity contribution >= 4 is 53.4 Å². The van der Waals surface area contributed by atoms with Gasteiger partial charge in [-0.15, -0.1) is 0 Å². The van der Waals surface area contributed by atoms with Crippen LogP contribution in [0.1, 0.15) is 36.4 Å². The molecule has 1 atom stereocenters. The van der Waals surface area contributed by atoms with E-state index in [1.807, 2.05) is 0 Å². The van der Waals surface area contributed by atoms with Crippen LogP contribution in [0.2, 0.25) is 0 Å². The van der Waals surface area contributed by atoms with Crippen LogP contribution in [0.15, 0.2) is 18.3 Å². The Kier molecular flexibility index (Phi) is 6.64. The number of aromatic nitrogens is 2. The van der Waals surface area contributed by atoms with Crippen LogP contribution in [0.4, 0.5) is 5.82 Å². The number of pyridine rings is 1. The molecule has 0 saturated carbocycles. The lowest BCUT2D eigenvalue weighted by atomic mass is 9.85. The Morgan fingerprint density at radius 3 is 2.93 bits per heavy atom. The highest BCUT2D eigenvalue weighted by atomic mass is 127. The van der Waals surface area contributed by atoms with Crippen molar-refractivity contribution in [1.29, 1.82) is 0 Å². The van der Waals surface area contributed by atoms with Crippen molar-refractivity contribution in [3.05, 3.63) is 40.8 Å². The number of hydrogen-bond acceptors (Lipinski definition) is 3. The highest BCUT2D eigenvalue weighted by Crippen LogP contribution is 2.38. The van der Waals surface area contributed by atoms with Crippen LogP contribution in [0.5, 0.6) is 0 Å². The number of anilines is 1. The number of rotatable bonds is 8. The predicted molar refractivity (Wildman–Crippen MR) is 122 cm³/mol. The number of halogens is 1. The first kappa shape index (κ1) is 20.8. The highest BCUT2D eigenvalue weighted by molar-refractivity contribution is 14.2. The minimum atomic E-state index is 0.311. The lowest BCUT2D eigenvalue weighted by Crippen LogP contribution is -2.31. The molecule has 143 valence electrons. The molecule has 0 saturated heterocycles. The molecule has 1 amide bonds. The quantitative estimate of drug-likeness (QED) is 0.265. The Hall–Kier alpha value is -0.915. The maximum atomic E-state index is 11.8. The van der Waals surface area contributed by atoms with Crippen molar-refractivity contribution in [2.24, 2.45) is 5.41 Å². The Morgan fingerprint density at radius 2 is 2.26 bits per heavy atom. The summed E-state index contributed by atoms with van der Waals surface area (Å²) >= 11 is 2.33. The molecule has 2 aromatic rings. The van der Waals surface area contributed by atoms with Gasteiger partial charge in [0.2, 0.25) is 6.41 Å². The SMILES string of the molecule is Cc1cc2c(n1CCN(C=O)c1nccc([B]O)c1CPI)CC(C)(C)C2. The Morgan fingerprint density at radius 1 is 1.48 bits per heavy atom. The molecule has 8 heteroatoms. The predicted octanol–water partition coefficient (Wildman–Crippen LogP) is 2.74. The Balaban J connectivity index is 1.83. The molecule has 0 aromatic carbocycles. The first-order valence-corrected chi connectivity index (χ1v) is 13.4. The molecule has 1 N–H and O–H groups in total. The van der Waals surface area contributed by atoms with E-state index in [0.29, 0.717) is 24.0 Å². The topological polar surface area (TPSA) is 58.4 Å². The third-order valence-electron chi connectivity index (χ3n) is 5.24. The Labute approximate surface area is 176 Å². The van der Waals surface area contributed by atoms with Gasteiger partial charge in [0.25, 0.3) is 0 Å². The fourth-order valence-electron chi connectivity index (χ4n) is 4.03. The number of nitrogens with zero attached hydrogens (tertiary/aromatic N) is 3. The average Bonchev–Trinajstić information content (AvgIpc) is 3.07. The largest absolute Gasteiger partial charge is 0.450 e. The number of carbonyl (C=O) groups is 1. The molecule has 0 aliphatic heterocycles. The van der Waals surface area contributed by atoms with Gasteiger partial charge in [-0.2, -0.15) is 0 Å². The molecule has 1 radical (unpaired) electrons. The number of carbonyl (C=O) groups excluding carboxylic acids is 1. The minimum absolute atomic E-state index is 0.311. The van der Waals surface area contributed by atoms with Crippen molar-refractivity contribution in [2.45, 2.75) is 46.3 Å². The van der Waals surface area contributed by atoms with Gasteiger partial charge in [0.15, 0.2) is 0 Å². The second kappa shape index (κ2) is 8.62.